The van der Waals surface area contributed by atoms with Crippen molar-refractivity contribution in [1.29, 1.82) is 0 Å². The third kappa shape index (κ3) is 103. The van der Waals surface area contributed by atoms with Gasteiger partial charge < -0.3 is 99.3 Å². The van der Waals surface area contributed by atoms with Crippen LogP contribution in [0.1, 0.15) is 0 Å². The first-order valence-corrected chi connectivity index (χ1v) is 0. The molecule has 0 spiro atoms. The van der Waals surface area contributed by atoms with Crippen molar-refractivity contribution < 1.29 is 137 Å². The van der Waals surface area contributed by atoms with Gasteiger partial charge in [-0.1, -0.05) is 0 Å². The summed E-state index contributed by atoms with van der Waals surface area (Å²) < 4.78 is 0. The maximum atomic E-state index is 0. The topological polar surface area (TPSA) is 0 Å². The largest absolute Gasteiger partial charge is 6.00 e. The van der Waals surface area contributed by atoms with Crippen molar-refractivity contribution in [3.63, 3.8) is 0 Å². The minimum Gasteiger partial charge on any atom is -1.00 e. The Morgan fingerprint density at radius 3 is 0.300 bits per heavy atom. The first-order valence-electron chi connectivity index (χ1n) is 0. The summed E-state index contributed by atoms with van der Waals surface area (Å²) in [7, 11) is 0. The predicted octanol–water partition coefficient (Wildman–Crippen LogP) is -24.0. The van der Waals surface area contributed by atoms with Crippen LogP contribution >= 0.6 is 0 Å². The minimum absolute atomic E-state index is 0. The molecule has 10 heteroatoms. The summed E-state index contributed by atoms with van der Waals surface area (Å²) in [5, 5.41) is 0. The summed E-state index contributed by atoms with van der Waals surface area (Å²) in [5.41, 5.74) is 0. The maximum absolute atomic E-state index is 0. The van der Waals surface area contributed by atoms with E-state index in [1.54, 1.807) is 0 Å². The fourth-order valence-corrected chi connectivity index (χ4v) is 0. The van der Waals surface area contributed by atoms with Gasteiger partial charge in [-0.25, -0.2) is 0 Å². The number of hydrogen-bond donors (Lipinski definition) is 0. The zero-order chi connectivity index (χ0) is 0. The van der Waals surface area contributed by atoms with Crippen LogP contribution < -0.4 is 99.3 Å². The van der Waals surface area contributed by atoms with E-state index in [2.05, 4.69) is 0 Å². The van der Waals surface area contributed by atoms with E-state index in [1.165, 1.54) is 0 Å². The van der Waals surface area contributed by atoms with Crippen LogP contribution in [0.5, 0.6) is 0 Å². The number of halogens is 8. The molecule has 10 heavy (non-hydrogen) atoms. The molecule has 0 bridgehead atoms. The average molecular weight is 443 g/mol. The minimum atomic E-state index is 0. The molecule has 0 aromatic rings. The van der Waals surface area contributed by atoms with Crippen LogP contribution in [0, 0.1) is 0 Å². The second-order valence-corrected chi connectivity index (χ2v) is 0. The van der Waals surface area contributed by atoms with E-state index < -0.39 is 0 Å². The Morgan fingerprint density at radius 1 is 0.300 bits per heavy atom. The second kappa shape index (κ2) is 134. The third-order valence-electron chi connectivity index (χ3n) is 0. The molecule has 0 aliphatic carbocycles. The van der Waals surface area contributed by atoms with Crippen molar-refractivity contribution in [3.05, 3.63) is 0 Å². The smallest absolute Gasteiger partial charge is 1.00 e. The van der Waals surface area contributed by atoms with Crippen LogP contribution in [0.15, 0.2) is 0 Å². The Hall–Kier alpha value is 3.53. The molecular formula is Cl8CuMo. The third-order valence-corrected chi connectivity index (χ3v) is 0. The van der Waals surface area contributed by atoms with Gasteiger partial charge in [0, 0.05) is 0 Å². The van der Waals surface area contributed by atoms with E-state index in [1.807, 2.05) is 0 Å². The standard InChI is InChI=1S/8ClH.Cu.Mo/h8*1H;;/q;;;;;;;;+2;+6/p-8. The Labute approximate surface area is 136 Å². The van der Waals surface area contributed by atoms with E-state index in [-0.39, 0.29) is 137 Å². The summed E-state index contributed by atoms with van der Waals surface area (Å²) in [5.74, 6) is 0. The van der Waals surface area contributed by atoms with Crippen LogP contribution in [-0.4, -0.2) is 0 Å². The molecule has 0 rings (SSSR count). The molecule has 1 radical (unpaired) electrons. The van der Waals surface area contributed by atoms with Crippen molar-refractivity contribution in [2.75, 3.05) is 0 Å². The van der Waals surface area contributed by atoms with E-state index >= 15 is 0 Å². The molecule has 0 N–H and O–H groups in total. The molecule has 73 valence electrons. The van der Waals surface area contributed by atoms with Gasteiger partial charge in [0.2, 0.25) is 0 Å². The maximum Gasteiger partial charge on any atom is 6.00 e. The Bertz CT molecular complexity index is 9.22. The van der Waals surface area contributed by atoms with E-state index in [0.29, 0.717) is 0 Å². The summed E-state index contributed by atoms with van der Waals surface area (Å²) in [6, 6.07) is 0. The molecule has 0 aliphatic rings. The van der Waals surface area contributed by atoms with Gasteiger partial charge in [-0.2, -0.15) is 0 Å². The average Bonchev–Trinajstić information content (AvgIpc) is 0. The Kier molecular flexibility index (Phi) is 2280. The van der Waals surface area contributed by atoms with Crippen molar-refractivity contribution >= 4 is 0 Å². The predicted molar refractivity (Wildman–Crippen MR) is 0 cm³/mol. The summed E-state index contributed by atoms with van der Waals surface area (Å²) >= 11 is 0. The van der Waals surface area contributed by atoms with Crippen LogP contribution in [0.2, 0.25) is 0 Å². The Morgan fingerprint density at radius 2 is 0.300 bits per heavy atom. The fourth-order valence-electron chi connectivity index (χ4n) is 0. The SMILES string of the molecule is [Cl-].[Cl-].[Cl-].[Cl-].[Cl-].[Cl-].[Cl-].[Cl-].[Cu+2].[Mo+6]. The molecule has 0 aromatic carbocycles. The van der Waals surface area contributed by atoms with Crippen LogP contribution in [-0.2, 0) is 38.1 Å². The second-order valence-electron chi connectivity index (χ2n) is 0. The summed E-state index contributed by atoms with van der Waals surface area (Å²) in [4.78, 5) is 0. The Balaban J connectivity index is 0. The molecule has 0 aromatic heterocycles. The van der Waals surface area contributed by atoms with Crippen LogP contribution in [0.25, 0.3) is 0 Å². The number of hydrogen-bond acceptors (Lipinski definition) is 0. The van der Waals surface area contributed by atoms with Gasteiger partial charge >= 0.3 is 38.1 Å². The van der Waals surface area contributed by atoms with Crippen molar-refractivity contribution in [1.82, 2.24) is 0 Å². The van der Waals surface area contributed by atoms with Gasteiger partial charge in [-0.3, -0.25) is 0 Å². The van der Waals surface area contributed by atoms with E-state index in [0.717, 1.165) is 0 Å². The molecular weight excluding hydrogens is 443 g/mol. The molecule has 0 saturated heterocycles. The fraction of sp³-hybridized carbons (Fsp3) is 0. The first kappa shape index (κ1) is 171. The first-order chi connectivity index (χ1) is 0. The molecule has 0 nitrogen and oxygen atoms in total. The molecule has 0 saturated carbocycles. The van der Waals surface area contributed by atoms with Crippen molar-refractivity contribution in [3.8, 4) is 0 Å². The summed E-state index contributed by atoms with van der Waals surface area (Å²) in [6.07, 6.45) is 0. The zero-order valence-electron chi connectivity index (χ0n) is 3.73. The van der Waals surface area contributed by atoms with E-state index in [4.69, 9.17) is 0 Å². The van der Waals surface area contributed by atoms with Gasteiger partial charge in [-0.15, -0.1) is 0 Å². The summed E-state index contributed by atoms with van der Waals surface area (Å²) in [6.45, 7) is 0. The van der Waals surface area contributed by atoms with Gasteiger partial charge in [0.05, 0.1) is 0 Å². The normalized spacial score (nSPS) is 0. The molecule has 0 amide bonds. The molecule has 0 fully saturated rings. The molecule has 0 heterocycles. The molecule has 0 unspecified atom stereocenters. The van der Waals surface area contributed by atoms with Gasteiger partial charge in [0.25, 0.3) is 0 Å². The number of rotatable bonds is 0. The van der Waals surface area contributed by atoms with Crippen molar-refractivity contribution in [2.45, 2.75) is 0 Å². The van der Waals surface area contributed by atoms with Gasteiger partial charge in [0.15, 0.2) is 0 Å². The van der Waals surface area contributed by atoms with Gasteiger partial charge in [-0.05, 0) is 0 Å². The van der Waals surface area contributed by atoms with Crippen LogP contribution in [0.4, 0.5) is 0 Å². The zero-order valence-corrected chi connectivity index (χ0v) is 12.7. The van der Waals surface area contributed by atoms with Gasteiger partial charge in [0.1, 0.15) is 0 Å². The molecule has 0 aliphatic heterocycles. The van der Waals surface area contributed by atoms with Crippen LogP contribution in [0.3, 0.4) is 0 Å². The van der Waals surface area contributed by atoms with Crippen molar-refractivity contribution in [2.24, 2.45) is 0 Å². The van der Waals surface area contributed by atoms with E-state index in [9.17, 15) is 0 Å². The molecule has 0 atom stereocenters. The monoisotopic (exact) mass is 441 g/mol. The quantitative estimate of drug-likeness (QED) is 0.327.